The van der Waals surface area contributed by atoms with Crippen LogP contribution in [0, 0.1) is 6.92 Å². The van der Waals surface area contributed by atoms with Gasteiger partial charge < -0.3 is 14.7 Å². The van der Waals surface area contributed by atoms with Gasteiger partial charge in [0.05, 0.1) is 13.2 Å². The fraction of sp³-hybridized carbons (Fsp3) is 0.571. The Kier molecular flexibility index (Phi) is 4.37. The molecular weight excluding hydrogens is 244 g/mol. The summed E-state index contributed by atoms with van der Waals surface area (Å²) in [6, 6.07) is 1.81. The van der Waals surface area contributed by atoms with Crippen molar-refractivity contribution in [2.75, 3.05) is 20.2 Å². The highest BCUT2D eigenvalue weighted by molar-refractivity contribution is 5.95. The Labute approximate surface area is 113 Å². The predicted octanol–water partition coefficient (Wildman–Crippen LogP) is 1.39. The lowest BCUT2D eigenvalue weighted by Gasteiger charge is -2.20. The fourth-order valence-corrected chi connectivity index (χ4v) is 2.29. The number of aromatic nitrogens is 1. The van der Waals surface area contributed by atoms with Crippen LogP contribution in [0.25, 0.3) is 0 Å². The number of rotatable bonds is 2. The molecule has 1 aromatic rings. The molecule has 1 atom stereocenters. The molecule has 0 aliphatic carbocycles. The van der Waals surface area contributed by atoms with E-state index in [9.17, 15) is 9.90 Å². The predicted molar refractivity (Wildman–Crippen MR) is 71.3 cm³/mol. The molecule has 1 amide bonds. The summed E-state index contributed by atoms with van der Waals surface area (Å²) < 4.78 is 5.23. The number of aliphatic hydroxyl groups is 1. The highest BCUT2D eigenvalue weighted by Crippen LogP contribution is 2.21. The number of amides is 1. The molecule has 0 saturated carbocycles. The molecule has 1 unspecified atom stereocenters. The topological polar surface area (TPSA) is 62.7 Å². The van der Waals surface area contributed by atoms with Gasteiger partial charge in [0, 0.05) is 19.3 Å². The Bertz CT molecular complexity index is 462. The first kappa shape index (κ1) is 13.8. The van der Waals surface area contributed by atoms with E-state index in [4.69, 9.17) is 4.74 Å². The fourth-order valence-electron chi connectivity index (χ4n) is 2.29. The van der Waals surface area contributed by atoms with E-state index in [1.165, 1.54) is 0 Å². The van der Waals surface area contributed by atoms with Crippen molar-refractivity contribution in [1.82, 2.24) is 9.88 Å². The Balaban J connectivity index is 2.19. The molecule has 1 aliphatic rings. The number of carbonyl (C=O) groups excluding carboxylic acids is 1. The first-order chi connectivity index (χ1) is 9.11. The maximum Gasteiger partial charge on any atom is 0.276 e. The van der Waals surface area contributed by atoms with Crippen LogP contribution in [-0.2, 0) is 0 Å². The van der Waals surface area contributed by atoms with Gasteiger partial charge in [-0.2, -0.15) is 0 Å². The van der Waals surface area contributed by atoms with Crippen LogP contribution in [0.2, 0.25) is 0 Å². The number of ether oxygens (including phenoxy) is 1. The highest BCUT2D eigenvalue weighted by atomic mass is 16.5. The number of likely N-dealkylation sites (tertiary alicyclic amines) is 1. The third kappa shape index (κ3) is 3.23. The highest BCUT2D eigenvalue weighted by Gasteiger charge is 2.23. The van der Waals surface area contributed by atoms with Crippen LogP contribution in [0.3, 0.4) is 0 Å². The Morgan fingerprint density at radius 2 is 2.26 bits per heavy atom. The molecule has 1 fully saturated rings. The molecule has 19 heavy (non-hydrogen) atoms. The first-order valence-corrected chi connectivity index (χ1v) is 6.60. The standard InChI is InChI=1S/C14H20N2O3/c1-10-8-12(19-2)13(15-9-10)14(18)16-6-3-4-11(17)5-7-16/h8-9,11,17H,3-7H2,1-2H3. The molecule has 0 spiro atoms. The summed E-state index contributed by atoms with van der Waals surface area (Å²) in [7, 11) is 1.54. The Morgan fingerprint density at radius 3 is 3.00 bits per heavy atom. The number of hydrogen-bond donors (Lipinski definition) is 1. The molecule has 1 aromatic heterocycles. The van der Waals surface area contributed by atoms with E-state index in [2.05, 4.69) is 4.98 Å². The van der Waals surface area contributed by atoms with Crippen LogP contribution < -0.4 is 4.74 Å². The smallest absolute Gasteiger partial charge is 0.276 e. The Hall–Kier alpha value is -1.62. The van der Waals surface area contributed by atoms with Gasteiger partial charge in [-0.25, -0.2) is 4.98 Å². The number of methoxy groups -OCH3 is 1. The molecule has 1 aliphatic heterocycles. The van der Waals surface area contributed by atoms with Crippen molar-refractivity contribution in [2.45, 2.75) is 32.3 Å². The van der Waals surface area contributed by atoms with E-state index in [0.717, 1.165) is 18.4 Å². The van der Waals surface area contributed by atoms with Crippen molar-refractivity contribution in [3.63, 3.8) is 0 Å². The van der Waals surface area contributed by atoms with Crippen molar-refractivity contribution in [3.8, 4) is 5.75 Å². The molecule has 2 rings (SSSR count). The van der Waals surface area contributed by atoms with E-state index in [-0.39, 0.29) is 12.0 Å². The molecule has 0 bridgehead atoms. The van der Waals surface area contributed by atoms with Crippen LogP contribution in [-0.4, -0.2) is 47.2 Å². The van der Waals surface area contributed by atoms with Crippen LogP contribution >= 0.6 is 0 Å². The lowest BCUT2D eigenvalue weighted by atomic mass is 10.2. The van der Waals surface area contributed by atoms with Crippen LogP contribution in [0.4, 0.5) is 0 Å². The lowest BCUT2D eigenvalue weighted by Crippen LogP contribution is -2.33. The zero-order chi connectivity index (χ0) is 13.8. The second kappa shape index (κ2) is 6.02. The summed E-state index contributed by atoms with van der Waals surface area (Å²) in [6.07, 6.45) is 3.57. The summed E-state index contributed by atoms with van der Waals surface area (Å²) >= 11 is 0. The molecule has 0 radical (unpaired) electrons. The number of nitrogens with zero attached hydrogens (tertiary/aromatic N) is 2. The largest absolute Gasteiger partial charge is 0.494 e. The minimum Gasteiger partial charge on any atom is -0.494 e. The summed E-state index contributed by atoms with van der Waals surface area (Å²) in [4.78, 5) is 18.4. The summed E-state index contributed by atoms with van der Waals surface area (Å²) in [5.41, 5.74) is 1.31. The Morgan fingerprint density at radius 1 is 1.47 bits per heavy atom. The molecule has 2 heterocycles. The number of aliphatic hydroxyl groups excluding tert-OH is 1. The number of hydrogen-bond acceptors (Lipinski definition) is 4. The van der Waals surface area contributed by atoms with Crippen LogP contribution in [0.1, 0.15) is 35.3 Å². The average Bonchev–Trinajstić information content (AvgIpc) is 2.62. The zero-order valence-corrected chi connectivity index (χ0v) is 11.4. The van der Waals surface area contributed by atoms with Gasteiger partial charge in [0.1, 0.15) is 5.75 Å². The maximum atomic E-state index is 12.5. The maximum absolute atomic E-state index is 12.5. The quantitative estimate of drug-likeness (QED) is 0.876. The second-order valence-corrected chi connectivity index (χ2v) is 4.94. The third-order valence-corrected chi connectivity index (χ3v) is 3.40. The van der Waals surface area contributed by atoms with Gasteiger partial charge in [-0.3, -0.25) is 4.79 Å². The average molecular weight is 264 g/mol. The normalized spacial score (nSPS) is 19.9. The molecule has 1 saturated heterocycles. The third-order valence-electron chi connectivity index (χ3n) is 3.40. The van der Waals surface area contributed by atoms with Crippen molar-refractivity contribution in [2.24, 2.45) is 0 Å². The van der Waals surface area contributed by atoms with E-state index < -0.39 is 0 Å². The minimum atomic E-state index is -0.300. The minimum absolute atomic E-state index is 0.119. The monoisotopic (exact) mass is 264 g/mol. The molecule has 104 valence electrons. The van der Waals surface area contributed by atoms with Gasteiger partial charge in [0.25, 0.3) is 5.91 Å². The van der Waals surface area contributed by atoms with E-state index in [1.807, 2.05) is 13.0 Å². The van der Waals surface area contributed by atoms with Crippen LogP contribution in [0.15, 0.2) is 12.3 Å². The lowest BCUT2D eigenvalue weighted by molar-refractivity contribution is 0.0743. The van der Waals surface area contributed by atoms with Crippen LogP contribution in [0.5, 0.6) is 5.75 Å². The molecule has 5 heteroatoms. The SMILES string of the molecule is COc1cc(C)cnc1C(=O)N1CCCC(O)CC1. The zero-order valence-electron chi connectivity index (χ0n) is 11.4. The molecule has 0 aromatic carbocycles. The summed E-state index contributed by atoms with van der Waals surface area (Å²) in [5.74, 6) is 0.390. The number of aryl methyl sites for hydroxylation is 1. The van der Waals surface area contributed by atoms with Crippen molar-refractivity contribution < 1.29 is 14.6 Å². The van der Waals surface area contributed by atoms with Gasteiger partial charge in [0.15, 0.2) is 5.69 Å². The van der Waals surface area contributed by atoms with Crippen molar-refractivity contribution in [1.29, 1.82) is 0 Å². The molecule has 5 nitrogen and oxygen atoms in total. The van der Waals surface area contributed by atoms with Gasteiger partial charge in [-0.05, 0) is 37.8 Å². The van der Waals surface area contributed by atoms with Crippen molar-refractivity contribution >= 4 is 5.91 Å². The second-order valence-electron chi connectivity index (χ2n) is 4.94. The van der Waals surface area contributed by atoms with Crippen molar-refractivity contribution in [3.05, 3.63) is 23.5 Å². The van der Waals surface area contributed by atoms with E-state index >= 15 is 0 Å². The van der Waals surface area contributed by atoms with Gasteiger partial charge in [0.2, 0.25) is 0 Å². The first-order valence-electron chi connectivity index (χ1n) is 6.60. The van der Waals surface area contributed by atoms with E-state index in [1.54, 1.807) is 18.2 Å². The van der Waals surface area contributed by atoms with E-state index in [0.29, 0.717) is 31.0 Å². The molecular formula is C14H20N2O3. The number of carbonyl (C=O) groups is 1. The van der Waals surface area contributed by atoms with Gasteiger partial charge >= 0.3 is 0 Å². The summed E-state index contributed by atoms with van der Waals surface area (Å²) in [6.45, 7) is 3.14. The number of pyridine rings is 1. The molecule has 1 N–H and O–H groups in total. The summed E-state index contributed by atoms with van der Waals surface area (Å²) in [5, 5.41) is 9.62. The van der Waals surface area contributed by atoms with Gasteiger partial charge in [-0.1, -0.05) is 0 Å². The van der Waals surface area contributed by atoms with Gasteiger partial charge in [-0.15, -0.1) is 0 Å².